The minimum Gasteiger partial charge on any atom is -0.741 e. The molecule has 0 aromatic rings. The second kappa shape index (κ2) is 12.4. The Morgan fingerprint density at radius 1 is 1.12 bits per heavy atom. The van der Waals surface area contributed by atoms with Gasteiger partial charge in [-0.2, -0.15) is 10.2 Å². The van der Waals surface area contributed by atoms with Crippen LogP contribution in [0.15, 0.2) is 20.2 Å². The van der Waals surface area contributed by atoms with Gasteiger partial charge in [-0.3, -0.25) is 20.8 Å². The summed E-state index contributed by atoms with van der Waals surface area (Å²) in [6.45, 7) is 2.52. The van der Waals surface area contributed by atoms with Crippen LogP contribution in [0.25, 0.3) is 0 Å². The van der Waals surface area contributed by atoms with Crippen LogP contribution < -0.4 is 10.9 Å². The number of hydrazone groups is 2. The Morgan fingerprint density at radius 3 is 2.06 bits per heavy atom. The number of nitrogens with one attached hydrogen (secondary N) is 2. The average molecular weight is 310 g/mol. The van der Waals surface area contributed by atoms with Crippen LogP contribution in [0.5, 0.6) is 0 Å². The smallest absolute Gasteiger partial charge is 0.741 e. The molecule has 0 aliphatic heterocycles. The number of hydrogen-bond donors (Lipinski definition) is 2. The molecule has 0 rings (SSSR count). The average Bonchev–Trinajstić information content (AvgIpc) is 2.23. The zero-order chi connectivity index (χ0) is 11.5. The summed E-state index contributed by atoms with van der Waals surface area (Å²) in [7, 11) is 1.57. The van der Waals surface area contributed by atoms with Crippen molar-refractivity contribution in [3.8, 4) is 0 Å². The van der Waals surface area contributed by atoms with Crippen molar-refractivity contribution in [2.75, 3.05) is 13.6 Å². The van der Waals surface area contributed by atoms with Crippen molar-refractivity contribution in [3.05, 3.63) is 0 Å². The molecule has 0 radical (unpaired) electrons. The van der Waals surface area contributed by atoms with Gasteiger partial charge in [-0.15, -0.1) is 0 Å². The first kappa shape index (κ1) is 17.7. The van der Waals surface area contributed by atoms with E-state index in [0.29, 0.717) is 16.9 Å². The number of amidine groups is 2. The van der Waals surface area contributed by atoms with Gasteiger partial charge in [0.25, 0.3) is 0 Å². The monoisotopic (exact) mass is 308 g/mol. The fourth-order valence-corrected chi connectivity index (χ4v) is 0.715. The Morgan fingerprint density at radius 2 is 1.62 bits per heavy atom. The molecule has 0 fully saturated rings. The van der Waals surface area contributed by atoms with Gasteiger partial charge in [-0.1, -0.05) is 0 Å². The van der Waals surface area contributed by atoms with Gasteiger partial charge >= 0.3 is 19.5 Å². The van der Waals surface area contributed by atoms with Gasteiger partial charge in [-0.05, 0) is 17.3 Å². The zero-order valence-electron chi connectivity index (χ0n) is 9.17. The number of nitrogens with zero attached hydrogens (tertiary/aromatic N) is 4. The van der Waals surface area contributed by atoms with Gasteiger partial charge in [0.1, 0.15) is 0 Å². The summed E-state index contributed by atoms with van der Waals surface area (Å²) in [5, 5.41) is 8.10. The van der Waals surface area contributed by atoms with Gasteiger partial charge in [-0.25, -0.2) is 0 Å². The Labute approximate surface area is 119 Å². The second-order valence-corrected chi connectivity index (χ2v) is 2.86. The molecule has 0 bridgehead atoms. The fourth-order valence-electron chi connectivity index (χ4n) is 0.481. The van der Waals surface area contributed by atoms with Crippen LogP contribution in [0, 0.1) is 0 Å². The first-order chi connectivity index (χ1) is 7.20. The summed E-state index contributed by atoms with van der Waals surface area (Å²) in [6, 6.07) is 0. The standard InChI is InChI=1S/C7H14N6S2.Zn/c1-3-9-7(15)13-11-5-4-10-12-6(14)8-2;/h4-5H,3H2,1-2H3,(H2,8,12,14)(H2,9,13,15);/q;+2/p-2/b10-4+,11-5+;. The van der Waals surface area contributed by atoms with Crippen LogP contribution in [0.3, 0.4) is 0 Å². The number of hydrogen-bond acceptors (Lipinski definition) is 6. The molecule has 0 unspecified atom stereocenters. The van der Waals surface area contributed by atoms with Gasteiger partial charge in [0.15, 0.2) is 0 Å². The molecule has 0 atom stereocenters. The summed E-state index contributed by atoms with van der Waals surface area (Å²) < 4.78 is 0. The first-order valence-corrected chi connectivity index (χ1v) is 4.94. The molecule has 0 saturated heterocycles. The van der Waals surface area contributed by atoms with Gasteiger partial charge in [0.05, 0.1) is 12.4 Å². The van der Waals surface area contributed by atoms with Crippen LogP contribution in [-0.4, -0.2) is 36.4 Å². The van der Waals surface area contributed by atoms with E-state index in [0.717, 1.165) is 0 Å². The quantitative estimate of drug-likeness (QED) is 0.243. The number of rotatable bonds is 4. The normalized spacial score (nSPS) is 12.9. The molecule has 84 valence electrons. The molecule has 0 heterocycles. The predicted octanol–water partition coefficient (Wildman–Crippen LogP) is -0.410. The maximum absolute atomic E-state index is 4.80. The maximum Gasteiger partial charge on any atom is 2.00 e. The van der Waals surface area contributed by atoms with Gasteiger partial charge in [0.2, 0.25) is 0 Å². The van der Waals surface area contributed by atoms with Crippen molar-refractivity contribution in [3.63, 3.8) is 0 Å². The molecule has 0 aliphatic rings. The van der Waals surface area contributed by atoms with Gasteiger partial charge in [0, 0.05) is 13.6 Å². The Hall–Kier alpha value is -0.657. The Balaban J connectivity index is 0. The third-order valence-corrected chi connectivity index (χ3v) is 1.54. The zero-order valence-corrected chi connectivity index (χ0v) is 13.8. The van der Waals surface area contributed by atoms with E-state index in [4.69, 9.17) is 25.3 Å². The molecule has 9 heteroatoms. The van der Waals surface area contributed by atoms with Gasteiger partial charge < -0.3 is 25.3 Å². The summed E-state index contributed by atoms with van der Waals surface area (Å²) in [6.07, 6.45) is 2.84. The van der Waals surface area contributed by atoms with Crippen LogP contribution in [0.4, 0.5) is 0 Å². The molecule has 0 spiro atoms. The largest absolute Gasteiger partial charge is 2.00 e. The summed E-state index contributed by atoms with van der Waals surface area (Å²) in [5.74, 6) is 0. The third-order valence-electron chi connectivity index (χ3n) is 1.04. The molecule has 0 aromatic heterocycles. The van der Waals surface area contributed by atoms with Crippen molar-refractivity contribution in [2.24, 2.45) is 20.2 Å². The molecule has 16 heavy (non-hydrogen) atoms. The van der Waals surface area contributed by atoms with E-state index in [1.807, 2.05) is 6.92 Å². The van der Waals surface area contributed by atoms with E-state index in [9.17, 15) is 0 Å². The van der Waals surface area contributed by atoms with Crippen LogP contribution in [0.1, 0.15) is 6.92 Å². The Bertz CT molecular complexity index is 289. The molecule has 0 aromatic carbocycles. The molecular weight excluding hydrogens is 298 g/mol. The molecule has 6 nitrogen and oxygen atoms in total. The van der Waals surface area contributed by atoms with Crippen molar-refractivity contribution >= 4 is 48.0 Å². The van der Waals surface area contributed by atoms with E-state index < -0.39 is 0 Å². The first-order valence-electron chi connectivity index (χ1n) is 4.12. The SMILES string of the molecule is CCN=C([S-])N/N=C/C=N/NC([S-])=NC.[Zn+2]. The van der Waals surface area contributed by atoms with E-state index in [1.165, 1.54) is 12.4 Å². The molecule has 0 aliphatic carbocycles. The minimum atomic E-state index is 0. The number of aliphatic imine (C=N–C) groups is 2. The van der Waals surface area contributed by atoms with E-state index in [-0.39, 0.29) is 19.5 Å². The summed E-state index contributed by atoms with van der Waals surface area (Å²) in [4.78, 5) is 7.56. The maximum atomic E-state index is 4.80. The summed E-state index contributed by atoms with van der Waals surface area (Å²) >= 11 is 9.53. The van der Waals surface area contributed by atoms with Crippen molar-refractivity contribution in [1.82, 2.24) is 10.9 Å². The van der Waals surface area contributed by atoms with Crippen LogP contribution in [0.2, 0.25) is 0 Å². The van der Waals surface area contributed by atoms with Crippen molar-refractivity contribution in [1.29, 1.82) is 0 Å². The third kappa shape index (κ3) is 11.4. The van der Waals surface area contributed by atoms with Crippen molar-refractivity contribution in [2.45, 2.75) is 6.92 Å². The minimum absolute atomic E-state index is 0. The molecule has 2 N–H and O–H groups in total. The summed E-state index contributed by atoms with van der Waals surface area (Å²) in [5.41, 5.74) is 5.05. The molecule has 0 amide bonds. The predicted molar refractivity (Wildman–Crippen MR) is 69.3 cm³/mol. The van der Waals surface area contributed by atoms with Crippen LogP contribution >= 0.6 is 0 Å². The second-order valence-electron chi connectivity index (χ2n) is 2.09. The van der Waals surface area contributed by atoms with Crippen molar-refractivity contribution < 1.29 is 19.5 Å². The molecule has 0 saturated carbocycles. The topological polar surface area (TPSA) is 73.5 Å². The van der Waals surface area contributed by atoms with Crippen LogP contribution in [-0.2, 0) is 44.7 Å². The van der Waals surface area contributed by atoms with E-state index >= 15 is 0 Å². The molecular formula is C7H12N6S2Zn. The fraction of sp³-hybridized carbons (Fsp3) is 0.429. The Kier molecular flexibility index (Phi) is 13.8. The van der Waals surface area contributed by atoms with E-state index in [2.05, 4.69) is 31.0 Å². The van der Waals surface area contributed by atoms with E-state index in [1.54, 1.807) is 7.05 Å².